The van der Waals surface area contributed by atoms with Gasteiger partial charge in [-0.1, -0.05) is 0 Å². The Morgan fingerprint density at radius 2 is 1.60 bits per heavy atom. The highest BCUT2D eigenvalue weighted by molar-refractivity contribution is 5.80. The van der Waals surface area contributed by atoms with Gasteiger partial charge in [0.05, 0.1) is 5.41 Å². The third kappa shape index (κ3) is 1.95. The summed E-state index contributed by atoms with van der Waals surface area (Å²) in [6.45, 7) is 2.30. The summed E-state index contributed by atoms with van der Waals surface area (Å²) in [4.78, 5) is 10.8. The van der Waals surface area contributed by atoms with Gasteiger partial charge in [-0.15, -0.1) is 0 Å². The van der Waals surface area contributed by atoms with E-state index in [-0.39, 0.29) is 0 Å². The van der Waals surface area contributed by atoms with Gasteiger partial charge in [0, 0.05) is 17.7 Å². The van der Waals surface area contributed by atoms with Crippen molar-refractivity contribution < 1.29 is 23.1 Å². The van der Waals surface area contributed by atoms with Gasteiger partial charge >= 0.3 is 5.97 Å². The molecule has 1 N–H and O–H groups in total. The van der Waals surface area contributed by atoms with Gasteiger partial charge < -0.3 is 5.11 Å². The van der Waals surface area contributed by atoms with Gasteiger partial charge in [-0.2, -0.15) is 0 Å². The second-order valence-corrected chi connectivity index (χ2v) is 3.67. The maximum absolute atomic E-state index is 13.2. The van der Waals surface area contributed by atoms with Crippen molar-refractivity contribution in [1.29, 1.82) is 0 Å². The Labute approximate surface area is 84.3 Å². The topological polar surface area (TPSA) is 37.3 Å². The lowest BCUT2D eigenvalue weighted by Gasteiger charge is -2.20. The maximum Gasteiger partial charge on any atom is 0.313 e. The number of hydrogen-bond acceptors (Lipinski definition) is 1. The van der Waals surface area contributed by atoms with E-state index in [1.165, 1.54) is 0 Å². The minimum Gasteiger partial charge on any atom is -0.481 e. The standard InChI is InChI=1S/C10H9F3O2/c1-10(2,9(14)15)8-6(12)3-5(11)4-7(8)13/h3-4H,1-2H3,(H,14,15). The van der Waals surface area contributed by atoms with Crippen LogP contribution in [0.1, 0.15) is 19.4 Å². The molecular formula is C10H9F3O2. The molecule has 15 heavy (non-hydrogen) atoms. The first kappa shape index (κ1) is 11.6. The number of carbonyl (C=O) groups is 1. The van der Waals surface area contributed by atoms with Crippen molar-refractivity contribution in [2.75, 3.05) is 0 Å². The highest BCUT2D eigenvalue weighted by atomic mass is 19.1. The van der Waals surface area contributed by atoms with Crippen LogP contribution in [0.15, 0.2) is 12.1 Å². The molecule has 0 fully saturated rings. The summed E-state index contributed by atoms with van der Waals surface area (Å²) in [5.41, 5.74) is -2.38. The molecule has 0 aliphatic carbocycles. The van der Waals surface area contributed by atoms with Crippen LogP contribution in [0.4, 0.5) is 13.2 Å². The predicted octanol–water partition coefficient (Wildman–Crippen LogP) is 2.47. The van der Waals surface area contributed by atoms with Crippen LogP contribution in [0.2, 0.25) is 0 Å². The molecule has 0 heterocycles. The van der Waals surface area contributed by atoms with E-state index in [1.54, 1.807) is 0 Å². The molecular weight excluding hydrogens is 209 g/mol. The van der Waals surface area contributed by atoms with Crippen LogP contribution in [0.5, 0.6) is 0 Å². The Hall–Kier alpha value is -1.52. The molecule has 5 heteroatoms. The van der Waals surface area contributed by atoms with Gasteiger partial charge in [0.1, 0.15) is 17.5 Å². The number of carboxylic acid groups (broad SMARTS) is 1. The molecule has 1 aromatic carbocycles. The van der Waals surface area contributed by atoms with Crippen molar-refractivity contribution in [3.8, 4) is 0 Å². The van der Waals surface area contributed by atoms with Gasteiger partial charge in [-0.3, -0.25) is 4.79 Å². The molecule has 0 aliphatic rings. The smallest absolute Gasteiger partial charge is 0.313 e. The van der Waals surface area contributed by atoms with E-state index < -0.39 is 34.4 Å². The number of hydrogen-bond donors (Lipinski definition) is 1. The third-order valence-corrected chi connectivity index (χ3v) is 2.17. The Morgan fingerprint density at radius 1 is 1.20 bits per heavy atom. The lowest BCUT2D eigenvalue weighted by atomic mass is 9.84. The lowest BCUT2D eigenvalue weighted by Crippen LogP contribution is -2.31. The zero-order chi connectivity index (χ0) is 11.8. The van der Waals surface area contributed by atoms with Crippen LogP contribution in [0, 0.1) is 17.5 Å². The normalized spacial score (nSPS) is 11.5. The monoisotopic (exact) mass is 218 g/mol. The molecule has 1 aromatic rings. The fraction of sp³-hybridized carbons (Fsp3) is 0.300. The SMILES string of the molecule is CC(C)(C(=O)O)c1c(F)cc(F)cc1F. The molecule has 0 spiro atoms. The van der Waals surface area contributed by atoms with Crippen LogP contribution in [-0.4, -0.2) is 11.1 Å². The summed E-state index contributed by atoms with van der Waals surface area (Å²) >= 11 is 0. The van der Waals surface area contributed by atoms with Crippen LogP contribution in [0.3, 0.4) is 0 Å². The Bertz CT molecular complexity index is 390. The van der Waals surface area contributed by atoms with Crippen molar-refractivity contribution >= 4 is 5.97 Å². The fourth-order valence-corrected chi connectivity index (χ4v) is 1.25. The highest BCUT2D eigenvalue weighted by Gasteiger charge is 2.35. The van der Waals surface area contributed by atoms with E-state index in [1.807, 2.05) is 0 Å². The van der Waals surface area contributed by atoms with Crippen LogP contribution >= 0.6 is 0 Å². The summed E-state index contributed by atoms with van der Waals surface area (Å²) < 4.78 is 39.0. The quantitative estimate of drug-likeness (QED) is 0.827. The van der Waals surface area contributed by atoms with Crippen molar-refractivity contribution in [3.05, 3.63) is 35.1 Å². The van der Waals surface area contributed by atoms with Gasteiger partial charge in [-0.25, -0.2) is 13.2 Å². The Morgan fingerprint density at radius 3 is 1.93 bits per heavy atom. The second-order valence-electron chi connectivity index (χ2n) is 3.67. The molecule has 0 atom stereocenters. The average molecular weight is 218 g/mol. The minimum atomic E-state index is -1.73. The first-order valence-electron chi connectivity index (χ1n) is 4.15. The summed E-state index contributed by atoms with van der Waals surface area (Å²) in [5.74, 6) is -4.85. The van der Waals surface area contributed by atoms with Crippen LogP contribution < -0.4 is 0 Å². The van der Waals surface area contributed by atoms with Gasteiger partial charge in [0.2, 0.25) is 0 Å². The molecule has 82 valence electrons. The largest absolute Gasteiger partial charge is 0.481 e. The summed E-state index contributed by atoms with van der Waals surface area (Å²) in [7, 11) is 0. The van der Waals surface area contributed by atoms with Gasteiger partial charge in [0.25, 0.3) is 0 Å². The van der Waals surface area contributed by atoms with Crippen LogP contribution in [-0.2, 0) is 10.2 Å². The van der Waals surface area contributed by atoms with Crippen molar-refractivity contribution in [2.45, 2.75) is 19.3 Å². The van der Waals surface area contributed by atoms with E-state index in [9.17, 15) is 18.0 Å². The van der Waals surface area contributed by atoms with Gasteiger partial charge in [-0.05, 0) is 13.8 Å². The molecule has 0 aliphatic heterocycles. The summed E-state index contributed by atoms with van der Waals surface area (Å²) in [6, 6.07) is 0.923. The molecule has 0 bridgehead atoms. The average Bonchev–Trinajstić information content (AvgIpc) is 2.00. The zero-order valence-corrected chi connectivity index (χ0v) is 8.14. The number of rotatable bonds is 2. The molecule has 0 aromatic heterocycles. The summed E-state index contributed by atoms with van der Waals surface area (Å²) in [6.07, 6.45) is 0. The number of halogens is 3. The van der Waals surface area contributed by atoms with Crippen molar-refractivity contribution in [3.63, 3.8) is 0 Å². The summed E-state index contributed by atoms with van der Waals surface area (Å²) in [5, 5.41) is 8.79. The first-order chi connectivity index (χ1) is 6.76. The molecule has 0 radical (unpaired) electrons. The van der Waals surface area contributed by atoms with Crippen molar-refractivity contribution in [1.82, 2.24) is 0 Å². The lowest BCUT2D eigenvalue weighted by molar-refractivity contribution is -0.142. The number of aliphatic carboxylic acids is 1. The zero-order valence-electron chi connectivity index (χ0n) is 8.14. The minimum absolute atomic E-state index is 0.461. The molecule has 0 saturated carbocycles. The van der Waals surface area contributed by atoms with E-state index >= 15 is 0 Å². The van der Waals surface area contributed by atoms with Gasteiger partial charge in [0.15, 0.2) is 0 Å². The first-order valence-corrected chi connectivity index (χ1v) is 4.15. The molecule has 1 rings (SSSR count). The molecule has 0 amide bonds. The molecule has 2 nitrogen and oxygen atoms in total. The van der Waals surface area contributed by atoms with Crippen LogP contribution in [0.25, 0.3) is 0 Å². The van der Waals surface area contributed by atoms with Crippen molar-refractivity contribution in [2.24, 2.45) is 0 Å². The highest BCUT2D eigenvalue weighted by Crippen LogP contribution is 2.29. The number of benzene rings is 1. The van der Waals surface area contributed by atoms with E-state index in [0.717, 1.165) is 13.8 Å². The molecule has 0 unspecified atom stereocenters. The third-order valence-electron chi connectivity index (χ3n) is 2.17. The number of carboxylic acids is 1. The van der Waals surface area contributed by atoms with E-state index in [2.05, 4.69) is 0 Å². The second kappa shape index (κ2) is 3.56. The van der Waals surface area contributed by atoms with E-state index in [0.29, 0.717) is 12.1 Å². The Kier molecular flexibility index (Phi) is 2.75. The van der Waals surface area contributed by atoms with E-state index in [4.69, 9.17) is 5.11 Å². The predicted molar refractivity (Wildman–Crippen MR) is 47.0 cm³/mol. The maximum atomic E-state index is 13.2. The molecule has 0 saturated heterocycles. The fourth-order valence-electron chi connectivity index (χ4n) is 1.25. The Balaban J connectivity index is 3.44.